The number of piperazine rings is 1. The van der Waals surface area contributed by atoms with Crippen molar-refractivity contribution in [3.8, 4) is 5.75 Å². The highest BCUT2D eigenvalue weighted by Crippen LogP contribution is 2.19. The number of hydrogen-bond donors (Lipinski definition) is 0. The first-order chi connectivity index (χ1) is 11.7. The molecule has 6 nitrogen and oxygen atoms in total. The number of benzene rings is 1. The SMILES string of the molecule is COc1ccc(CN2CCN(C(=O)N3CCOCC3)CC2)cc1F. The van der Waals surface area contributed by atoms with Gasteiger partial charge < -0.3 is 19.3 Å². The Morgan fingerprint density at radius 3 is 2.42 bits per heavy atom. The lowest BCUT2D eigenvalue weighted by atomic mass is 10.2. The van der Waals surface area contributed by atoms with Crippen LogP contribution in [0.4, 0.5) is 9.18 Å². The maximum Gasteiger partial charge on any atom is 0.320 e. The van der Waals surface area contributed by atoms with Crippen LogP contribution in [0.1, 0.15) is 5.56 Å². The summed E-state index contributed by atoms with van der Waals surface area (Å²) in [4.78, 5) is 18.4. The number of amides is 2. The highest BCUT2D eigenvalue weighted by molar-refractivity contribution is 5.74. The average Bonchev–Trinajstić information content (AvgIpc) is 2.63. The zero-order chi connectivity index (χ0) is 16.9. The molecule has 0 radical (unpaired) electrons. The molecule has 0 aliphatic carbocycles. The van der Waals surface area contributed by atoms with Gasteiger partial charge in [-0.15, -0.1) is 0 Å². The van der Waals surface area contributed by atoms with Crippen LogP contribution in [-0.4, -0.2) is 80.3 Å². The summed E-state index contributed by atoms with van der Waals surface area (Å²) in [6.07, 6.45) is 0. The molecule has 0 bridgehead atoms. The van der Waals surface area contributed by atoms with Gasteiger partial charge in [-0.05, 0) is 17.7 Å². The number of nitrogens with zero attached hydrogens (tertiary/aromatic N) is 3. The van der Waals surface area contributed by atoms with Crippen molar-refractivity contribution < 1.29 is 18.7 Å². The number of carbonyl (C=O) groups is 1. The monoisotopic (exact) mass is 337 g/mol. The van der Waals surface area contributed by atoms with E-state index in [1.165, 1.54) is 13.2 Å². The number of carbonyl (C=O) groups excluding carboxylic acids is 1. The molecule has 1 aromatic rings. The van der Waals surface area contributed by atoms with Crippen molar-refractivity contribution in [1.82, 2.24) is 14.7 Å². The number of morpholine rings is 1. The molecular weight excluding hydrogens is 313 g/mol. The second-order valence-corrected chi connectivity index (χ2v) is 6.11. The molecule has 2 saturated heterocycles. The fourth-order valence-electron chi connectivity index (χ4n) is 3.12. The summed E-state index contributed by atoms with van der Waals surface area (Å²) >= 11 is 0. The van der Waals surface area contributed by atoms with Gasteiger partial charge >= 0.3 is 6.03 Å². The number of rotatable bonds is 3. The minimum absolute atomic E-state index is 0.105. The summed E-state index contributed by atoms with van der Waals surface area (Å²) in [5.74, 6) is -0.0733. The molecule has 0 N–H and O–H groups in total. The van der Waals surface area contributed by atoms with Gasteiger partial charge in [0.15, 0.2) is 11.6 Å². The summed E-state index contributed by atoms with van der Waals surface area (Å²) in [7, 11) is 1.46. The van der Waals surface area contributed by atoms with Crippen LogP contribution >= 0.6 is 0 Å². The van der Waals surface area contributed by atoms with E-state index in [9.17, 15) is 9.18 Å². The topological polar surface area (TPSA) is 45.2 Å². The maximum atomic E-state index is 13.8. The van der Waals surface area contributed by atoms with Gasteiger partial charge in [-0.2, -0.15) is 0 Å². The Balaban J connectivity index is 1.49. The third kappa shape index (κ3) is 3.96. The van der Waals surface area contributed by atoms with Crippen LogP contribution in [0.15, 0.2) is 18.2 Å². The molecule has 2 aliphatic heterocycles. The standard InChI is InChI=1S/C17H24FN3O3/c1-23-16-3-2-14(12-15(16)18)13-19-4-6-20(7-5-19)17(22)21-8-10-24-11-9-21/h2-3,12H,4-11,13H2,1H3. The van der Waals surface area contributed by atoms with Crippen molar-refractivity contribution in [2.45, 2.75) is 6.54 Å². The van der Waals surface area contributed by atoms with Gasteiger partial charge in [0, 0.05) is 45.8 Å². The Morgan fingerprint density at radius 1 is 1.12 bits per heavy atom. The van der Waals surface area contributed by atoms with E-state index >= 15 is 0 Å². The van der Waals surface area contributed by atoms with Crippen molar-refractivity contribution in [2.75, 3.05) is 59.6 Å². The van der Waals surface area contributed by atoms with Gasteiger partial charge in [-0.3, -0.25) is 4.90 Å². The molecule has 2 aliphatic rings. The molecule has 7 heteroatoms. The van der Waals surface area contributed by atoms with Gasteiger partial charge in [0.25, 0.3) is 0 Å². The summed E-state index contributed by atoms with van der Waals surface area (Å²) < 4.78 is 24.0. The Morgan fingerprint density at radius 2 is 1.79 bits per heavy atom. The summed E-state index contributed by atoms with van der Waals surface area (Å²) in [5.41, 5.74) is 0.918. The third-order valence-corrected chi connectivity index (χ3v) is 4.55. The molecule has 2 fully saturated rings. The van der Waals surface area contributed by atoms with Crippen LogP contribution in [-0.2, 0) is 11.3 Å². The third-order valence-electron chi connectivity index (χ3n) is 4.55. The van der Waals surface area contributed by atoms with Crippen LogP contribution in [0.2, 0.25) is 0 Å². The molecule has 24 heavy (non-hydrogen) atoms. The average molecular weight is 337 g/mol. The summed E-state index contributed by atoms with van der Waals surface area (Å²) in [6, 6.07) is 5.16. The van der Waals surface area contributed by atoms with Gasteiger partial charge in [0.05, 0.1) is 20.3 Å². The van der Waals surface area contributed by atoms with E-state index < -0.39 is 0 Å². The lowest BCUT2D eigenvalue weighted by Gasteiger charge is -2.38. The second kappa shape index (κ2) is 7.81. The van der Waals surface area contributed by atoms with Crippen LogP contribution in [0.3, 0.4) is 0 Å². The largest absolute Gasteiger partial charge is 0.494 e. The van der Waals surface area contributed by atoms with Gasteiger partial charge in [0.1, 0.15) is 0 Å². The van der Waals surface area contributed by atoms with E-state index in [-0.39, 0.29) is 17.6 Å². The molecule has 0 atom stereocenters. The fraction of sp³-hybridized carbons (Fsp3) is 0.588. The Bertz CT molecular complexity index is 570. The highest BCUT2D eigenvalue weighted by Gasteiger charge is 2.26. The highest BCUT2D eigenvalue weighted by atomic mass is 19.1. The lowest BCUT2D eigenvalue weighted by Crippen LogP contribution is -2.54. The lowest BCUT2D eigenvalue weighted by molar-refractivity contribution is 0.0373. The predicted octanol–water partition coefficient (Wildman–Crippen LogP) is 1.40. The molecule has 0 aromatic heterocycles. The minimum atomic E-state index is -0.337. The normalized spacial score (nSPS) is 19.4. The van der Waals surface area contributed by atoms with Crippen molar-refractivity contribution in [3.05, 3.63) is 29.6 Å². The molecular formula is C17H24FN3O3. The first kappa shape index (κ1) is 17.0. The van der Waals surface area contributed by atoms with E-state index in [1.54, 1.807) is 6.07 Å². The Hall–Kier alpha value is -1.86. The molecule has 2 heterocycles. The van der Waals surface area contributed by atoms with E-state index in [0.717, 1.165) is 18.7 Å². The fourth-order valence-corrected chi connectivity index (χ4v) is 3.12. The van der Waals surface area contributed by atoms with Crippen LogP contribution < -0.4 is 4.74 Å². The maximum absolute atomic E-state index is 13.8. The first-order valence-electron chi connectivity index (χ1n) is 8.34. The number of halogens is 1. The summed E-state index contributed by atoms with van der Waals surface area (Å²) in [5, 5.41) is 0. The molecule has 2 amide bonds. The smallest absolute Gasteiger partial charge is 0.320 e. The second-order valence-electron chi connectivity index (χ2n) is 6.11. The Labute approximate surface area is 141 Å². The molecule has 0 spiro atoms. The number of hydrogen-bond acceptors (Lipinski definition) is 4. The Kier molecular flexibility index (Phi) is 5.52. The summed E-state index contributed by atoms with van der Waals surface area (Å²) in [6.45, 7) is 6.26. The van der Waals surface area contributed by atoms with E-state index in [0.29, 0.717) is 45.9 Å². The number of methoxy groups -OCH3 is 1. The molecule has 132 valence electrons. The van der Waals surface area contributed by atoms with Crippen molar-refractivity contribution >= 4 is 6.03 Å². The van der Waals surface area contributed by atoms with Crippen LogP contribution in [0.25, 0.3) is 0 Å². The van der Waals surface area contributed by atoms with E-state index in [2.05, 4.69) is 4.90 Å². The van der Waals surface area contributed by atoms with E-state index in [4.69, 9.17) is 9.47 Å². The number of ether oxygens (including phenoxy) is 2. The zero-order valence-corrected chi connectivity index (χ0v) is 14.0. The molecule has 0 saturated carbocycles. The first-order valence-corrected chi connectivity index (χ1v) is 8.34. The quantitative estimate of drug-likeness (QED) is 0.837. The molecule has 3 rings (SSSR count). The van der Waals surface area contributed by atoms with E-state index in [1.807, 2.05) is 15.9 Å². The van der Waals surface area contributed by atoms with Crippen molar-refractivity contribution in [1.29, 1.82) is 0 Å². The van der Waals surface area contributed by atoms with Gasteiger partial charge in [0.2, 0.25) is 0 Å². The molecule has 1 aromatic carbocycles. The van der Waals surface area contributed by atoms with Gasteiger partial charge in [-0.1, -0.05) is 6.07 Å². The number of urea groups is 1. The van der Waals surface area contributed by atoms with Gasteiger partial charge in [-0.25, -0.2) is 9.18 Å². The van der Waals surface area contributed by atoms with Crippen LogP contribution in [0.5, 0.6) is 5.75 Å². The zero-order valence-electron chi connectivity index (χ0n) is 14.0. The minimum Gasteiger partial charge on any atom is -0.494 e. The van der Waals surface area contributed by atoms with Crippen LogP contribution in [0, 0.1) is 5.82 Å². The predicted molar refractivity (Wildman–Crippen MR) is 87.6 cm³/mol. The van der Waals surface area contributed by atoms with Crippen molar-refractivity contribution in [2.24, 2.45) is 0 Å². The molecule has 0 unspecified atom stereocenters. The van der Waals surface area contributed by atoms with Crippen molar-refractivity contribution in [3.63, 3.8) is 0 Å².